The van der Waals surface area contributed by atoms with E-state index in [1.54, 1.807) is 11.1 Å². The maximum absolute atomic E-state index is 3.69. The number of fused-ring (bicyclic) bond motifs is 2. The second-order valence-corrected chi connectivity index (χ2v) is 6.06. The van der Waals surface area contributed by atoms with Gasteiger partial charge in [-0.15, -0.1) is 0 Å². The zero-order chi connectivity index (χ0) is 12.5. The second-order valence-electron chi connectivity index (χ2n) is 4.93. The molecule has 0 radical (unpaired) electrons. The van der Waals surface area contributed by atoms with Crippen LogP contribution in [0.3, 0.4) is 0 Å². The van der Waals surface area contributed by atoms with E-state index in [4.69, 9.17) is 0 Å². The van der Waals surface area contributed by atoms with E-state index in [2.05, 4.69) is 56.1 Å². The van der Waals surface area contributed by atoms with E-state index < -0.39 is 0 Å². The highest BCUT2D eigenvalue weighted by molar-refractivity contribution is 9.08. The van der Waals surface area contributed by atoms with Gasteiger partial charge in [0.2, 0.25) is 0 Å². The van der Waals surface area contributed by atoms with Gasteiger partial charge in [0.05, 0.1) is 0 Å². The predicted molar refractivity (Wildman–Crippen MR) is 85.9 cm³/mol. The highest BCUT2D eigenvalue weighted by Crippen LogP contribution is 2.37. The van der Waals surface area contributed by atoms with Crippen molar-refractivity contribution in [2.24, 2.45) is 0 Å². The summed E-state index contributed by atoms with van der Waals surface area (Å²) in [5.41, 5.74) is 6.27. The van der Waals surface area contributed by atoms with Gasteiger partial charge >= 0.3 is 0 Å². The van der Waals surface area contributed by atoms with Crippen molar-refractivity contribution in [3.63, 3.8) is 0 Å². The normalized spacial score (nSPS) is 14.8. The van der Waals surface area contributed by atoms with Crippen LogP contribution in [0.25, 0.3) is 10.8 Å². The maximum atomic E-state index is 3.69. The van der Waals surface area contributed by atoms with Crippen LogP contribution in [-0.4, -0.2) is 0 Å². The van der Waals surface area contributed by atoms with Crippen LogP contribution in [0.15, 0.2) is 24.3 Å². The van der Waals surface area contributed by atoms with Crippen LogP contribution in [-0.2, 0) is 23.5 Å². The number of rotatable bonds is 2. The Morgan fingerprint density at radius 1 is 0.778 bits per heavy atom. The van der Waals surface area contributed by atoms with Gasteiger partial charge < -0.3 is 0 Å². The van der Waals surface area contributed by atoms with E-state index in [1.807, 2.05) is 0 Å². The summed E-state index contributed by atoms with van der Waals surface area (Å²) >= 11 is 7.38. The molecule has 0 amide bonds. The summed E-state index contributed by atoms with van der Waals surface area (Å²) in [7, 11) is 0. The van der Waals surface area contributed by atoms with Gasteiger partial charge in [0.25, 0.3) is 0 Å². The average Bonchev–Trinajstić information content (AvgIpc) is 2.44. The second kappa shape index (κ2) is 5.34. The first-order valence-corrected chi connectivity index (χ1v) is 8.77. The van der Waals surface area contributed by atoms with Crippen molar-refractivity contribution in [2.75, 3.05) is 0 Å². The highest BCUT2D eigenvalue weighted by Gasteiger charge is 2.19. The van der Waals surface area contributed by atoms with Crippen molar-refractivity contribution in [1.82, 2.24) is 0 Å². The molecular formula is C16H16Br2. The van der Waals surface area contributed by atoms with Crippen LogP contribution in [0, 0.1) is 0 Å². The molecule has 0 fully saturated rings. The lowest BCUT2D eigenvalue weighted by Crippen LogP contribution is -2.10. The zero-order valence-electron chi connectivity index (χ0n) is 10.3. The van der Waals surface area contributed by atoms with E-state index in [0.29, 0.717) is 0 Å². The van der Waals surface area contributed by atoms with Crippen LogP contribution < -0.4 is 0 Å². The molecule has 1 aliphatic carbocycles. The molecule has 0 nitrogen and oxygen atoms in total. The fourth-order valence-corrected chi connectivity index (χ4v) is 4.49. The van der Waals surface area contributed by atoms with Crippen molar-refractivity contribution < 1.29 is 0 Å². The predicted octanol–water partition coefficient (Wildman–Crippen LogP) is 5.51. The molecule has 94 valence electrons. The lowest BCUT2D eigenvalue weighted by molar-refractivity contribution is 0.680. The zero-order valence-corrected chi connectivity index (χ0v) is 13.5. The van der Waals surface area contributed by atoms with E-state index in [1.165, 1.54) is 47.6 Å². The number of hydrogen-bond donors (Lipinski definition) is 0. The van der Waals surface area contributed by atoms with Crippen molar-refractivity contribution >= 4 is 42.6 Å². The minimum atomic E-state index is 0.971. The third-order valence-electron chi connectivity index (χ3n) is 4.04. The van der Waals surface area contributed by atoms with Crippen molar-refractivity contribution in [1.29, 1.82) is 0 Å². The van der Waals surface area contributed by atoms with Crippen LogP contribution >= 0.6 is 31.9 Å². The largest absolute Gasteiger partial charge is 0.0876 e. The SMILES string of the molecule is BrCc1c2c(c(CBr)c3ccccc13)CCCC2. The van der Waals surface area contributed by atoms with Gasteiger partial charge in [-0.25, -0.2) is 0 Å². The molecule has 0 N–H and O–H groups in total. The number of hydrogen-bond acceptors (Lipinski definition) is 0. The Hall–Kier alpha value is -0.340. The minimum Gasteiger partial charge on any atom is -0.0876 e. The fraction of sp³-hybridized carbons (Fsp3) is 0.375. The van der Waals surface area contributed by atoms with Crippen LogP contribution in [0.1, 0.15) is 35.1 Å². The van der Waals surface area contributed by atoms with Gasteiger partial charge in [0, 0.05) is 10.7 Å². The molecule has 0 spiro atoms. The third-order valence-corrected chi connectivity index (χ3v) is 5.16. The van der Waals surface area contributed by atoms with E-state index in [0.717, 1.165) is 10.7 Å². The molecule has 3 rings (SSSR count). The van der Waals surface area contributed by atoms with E-state index >= 15 is 0 Å². The molecule has 0 heterocycles. The molecule has 0 unspecified atom stereocenters. The van der Waals surface area contributed by atoms with Crippen molar-refractivity contribution in [3.05, 3.63) is 46.5 Å². The molecule has 1 aliphatic rings. The summed E-state index contributed by atoms with van der Waals surface area (Å²) in [5.74, 6) is 0. The van der Waals surface area contributed by atoms with E-state index in [9.17, 15) is 0 Å². The van der Waals surface area contributed by atoms with E-state index in [-0.39, 0.29) is 0 Å². The molecule has 0 atom stereocenters. The topological polar surface area (TPSA) is 0 Å². The molecular weight excluding hydrogens is 352 g/mol. The Bertz CT molecular complexity index is 535. The minimum absolute atomic E-state index is 0.971. The Morgan fingerprint density at radius 2 is 1.22 bits per heavy atom. The lowest BCUT2D eigenvalue weighted by Gasteiger charge is -2.24. The lowest BCUT2D eigenvalue weighted by atomic mass is 9.82. The Morgan fingerprint density at radius 3 is 1.61 bits per heavy atom. The molecule has 2 heteroatoms. The summed E-state index contributed by atoms with van der Waals surface area (Å²) in [6.45, 7) is 0. The highest BCUT2D eigenvalue weighted by atomic mass is 79.9. The third kappa shape index (κ3) is 1.94. The molecule has 0 saturated heterocycles. The maximum Gasteiger partial charge on any atom is 0.0292 e. The summed E-state index contributed by atoms with van der Waals surface area (Å²) in [6, 6.07) is 8.85. The first-order valence-electron chi connectivity index (χ1n) is 6.53. The van der Waals surface area contributed by atoms with Gasteiger partial charge in [-0.05, 0) is 58.7 Å². The number of benzene rings is 2. The molecule has 0 bridgehead atoms. The standard InChI is InChI=1S/C16H16Br2/c17-9-15-11-5-1-2-6-12(11)16(10-18)14-8-4-3-7-13(14)15/h1-2,5-6H,3-4,7-10H2. The molecule has 0 aliphatic heterocycles. The van der Waals surface area contributed by atoms with Gasteiger partial charge in [-0.3, -0.25) is 0 Å². The summed E-state index contributed by atoms with van der Waals surface area (Å²) in [6.07, 6.45) is 5.18. The van der Waals surface area contributed by atoms with Crippen LogP contribution in [0.4, 0.5) is 0 Å². The van der Waals surface area contributed by atoms with Gasteiger partial charge in [-0.2, -0.15) is 0 Å². The Labute approximate surface area is 125 Å². The number of halogens is 2. The quantitative estimate of drug-likeness (QED) is 0.614. The first kappa shape index (κ1) is 12.7. The van der Waals surface area contributed by atoms with Crippen molar-refractivity contribution in [2.45, 2.75) is 36.3 Å². The number of alkyl halides is 2. The van der Waals surface area contributed by atoms with Crippen LogP contribution in [0.2, 0.25) is 0 Å². The first-order chi connectivity index (χ1) is 8.86. The van der Waals surface area contributed by atoms with Gasteiger partial charge in [0.15, 0.2) is 0 Å². The molecule has 18 heavy (non-hydrogen) atoms. The Kier molecular flexibility index (Phi) is 3.76. The monoisotopic (exact) mass is 366 g/mol. The molecule has 0 aromatic heterocycles. The molecule has 0 saturated carbocycles. The van der Waals surface area contributed by atoms with Gasteiger partial charge in [-0.1, -0.05) is 56.1 Å². The van der Waals surface area contributed by atoms with Gasteiger partial charge in [0.1, 0.15) is 0 Å². The summed E-state index contributed by atoms with van der Waals surface area (Å²) < 4.78 is 0. The van der Waals surface area contributed by atoms with Crippen molar-refractivity contribution in [3.8, 4) is 0 Å². The molecule has 2 aromatic rings. The summed E-state index contributed by atoms with van der Waals surface area (Å²) in [5, 5.41) is 4.81. The Balaban J connectivity index is 2.42. The fourth-order valence-electron chi connectivity index (χ4n) is 3.21. The average molecular weight is 368 g/mol. The summed E-state index contributed by atoms with van der Waals surface area (Å²) in [4.78, 5) is 0. The molecule has 2 aromatic carbocycles. The smallest absolute Gasteiger partial charge is 0.0292 e. The van der Waals surface area contributed by atoms with Crippen LogP contribution in [0.5, 0.6) is 0 Å².